The largest absolute Gasteiger partial charge is 0.374 e. The standard InChI is InChI=1S/C18H30N4O2/c1-14(23)19-10-17-13-22(8-9-24-17)12-16-11-21(2)20-18(16)15-6-4-3-5-7-15/h11,15,17H,3-10,12-13H2,1-2H3,(H,19,23)/t17-/m1/s1. The van der Waals surface area contributed by atoms with Crippen molar-refractivity contribution in [3.63, 3.8) is 0 Å². The van der Waals surface area contributed by atoms with Gasteiger partial charge >= 0.3 is 0 Å². The van der Waals surface area contributed by atoms with E-state index < -0.39 is 0 Å². The lowest BCUT2D eigenvalue weighted by atomic mass is 9.85. The second-order valence-corrected chi connectivity index (χ2v) is 7.21. The molecule has 0 aromatic carbocycles. The molecule has 134 valence electrons. The van der Waals surface area contributed by atoms with Crippen LogP contribution in [0.3, 0.4) is 0 Å². The molecule has 1 aromatic heterocycles. The zero-order chi connectivity index (χ0) is 16.9. The summed E-state index contributed by atoms with van der Waals surface area (Å²) in [5, 5.41) is 7.64. The van der Waals surface area contributed by atoms with Crippen LogP contribution in [0.4, 0.5) is 0 Å². The number of amides is 1. The van der Waals surface area contributed by atoms with E-state index >= 15 is 0 Å². The number of nitrogens with one attached hydrogen (secondary N) is 1. The zero-order valence-electron chi connectivity index (χ0n) is 15.0. The van der Waals surface area contributed by atoms with Gasteiger partial charge in [0.15, 0.2) is 0 Å². The molecule has 0 radical (unpaired) electrons. The first-order valence-electron chi connectivity index (χ1n) is 9.22. The summed E-state index contributed by atoms with van der Waals surface area (Å²) in [4.78, 5) is 13.5. The van der Waals surface area contributed by atoms with Crippen LogP contribution < -0.4 is 5.32 Å². The maximum atomic E-state index is 11.1. The van der Waals surface area contributed by atoms with Crippen molar-refractivity contribution in [2.45, 2.75) is 57.6 Å². The summed E-state index contributed by atoms with van der Waals surface area (Å²) in [6, 6.07) is 0. The molecule has 2 heterocycles. The monoisotopic (exact) mass is 334 g/mol. The Morgan fingerprint density at radius 3 is 2.92 bits per heavy atom. The first-order chi connectivity index (χ1) is 11.6. The van der Waals surface area contributed by atoms with Crippen molar-refractivity contribution in [3.05, 3.63) is 17.5 Å². The molecule has 1 saturated carbocycles. The molecule has 1 aliphatic heterocycles. The maximum Gasteiger partial charge on any atom is 0.216 e. The molecule has 1 aliphatic carbocycles. The van der Waals surface area contributed by atoms with Gasteiger partial charge in [0.25, 0.3) is 0 Å². The van der Waals surface area contributed by atoms with E-state index in [2.05, 4.69) is 16.4 Å². The summed E-state index contributed by atoms with van der Waals surface area (Å²) in [5.41, 5.74) is 2.67. The summed E-state index contributed by atoms with van der Waals surface area (Å²) in [5.74, 6) is 0.633. The van der Waals surface area contributed by atoms with E-state index in [1.807, 2.05) is 11.7 Å². The summed E-state index contributed by atoms with van der Waals surface area (Å²) < 4.78 is 7.74. The van der Waals surface area contributed by atoms with Crippen LogP contribution in [0.2, 0.25) is 0 Å². The minimum atomic E-state index is 0.00238. The van der Waals surface area contributed by atoms with E-state index in [0.717, 1.165) is 26.2 Å². The Kier molecular flexibility index (Phi) is 5.89. The van der Waals surface area contributed by atoms with Gasteiger partial charge in [0, 0.05) is 57.8 Å². The smallest absolute Gasteiger partial charge is 0.216 e. The van der Waals surface area contributed by atoms with Gasteiger partial charge in [-0.1, -0.05) is 19.3 Å². The Balaban J connectivity index is 1.61. The van der Waals surface area contributed by atoms with Gasteiger partial charge in [-0.15, -0.1) is 0 Å². The van der Waals surface area contributed by atoms with Crippen molar-refractivity contribution < 1.29 is 9.53 Å². The molecule has 1 saturated heterocycles. The average molecular weight is 334 g/mol. The minimum absolute atomic E-state index is 0.00238. The predicted octanol–water partition coefficient (Wildman–Crippen LogP) is 1.80. The molecule has 1 aromatic rings. The number of aromatic nitrogens is 2. The molecular weight excluding hydrogens is 304 g/mol. The van der Waals surface area contributed by atoms with Crippen LogP contribution >= 0.6 is 0 Å². The summed E-state index contributed by atoms with van der Waals surface area (Å²) >= 11 is 0. The van der Waals surface area contributed by atoms with Gasteiger partial charge in [-0.3, -0.25) is 14.4 Å². The quantitative estimate of drug-likeness (QED) is 0.892. The second kappa shape index (κ2) is 8.12. The number of morpholine rings is 1. The normalized spacial score (nSPS) is 23.3. The summed E-state index contributed by atoms with van der Waals surface area (Å²) in [6.45, 7) is 5.60. The van der Waals surface area contributed by atoms with Crippen LogP contribution in [-0.4, -0.2) is 52.9 Å². The summed E-state index contributed by atoms with van der Waals surface area (Å²) in [7, 11) is 2.02. The SMILES string of the molecule is CC(=O)NC[C@@H]1CN(Cc2cn(C)nc2C2CCCCC2)CCO1. The second-order valence-electron chi connectivity index (χ2n) is 7.21. The van der Waals surface area contributed by atoms with Gasteiger partial charge in [0.1, 0.15) is 0 Å². The van der Waals surface area contributed by atoms with Crippen molar-refractivity contribution in [2.75, 3.05) is 26.2 Å². The molecule has 1 amide bonds. The van der Waals surface area contributed by atoms with Gasteiger partial charge in [0.2, 0.25) is 5.91 Å². The summed E-state index contributed by atoms with van der Waals surface area (Å²) in [6.07, 6.45) is 8.84. The van der Waals surface area contributed by atoms with Gasteiger partial charge in [0.05, 0.1) is 18.4 Å². The van der Waals surface area contributed by atoms with Crippen molar-refractivity contribution in [3.8, 4) is 0 Å². The number of carbonyl (C=O) groups is 1. The number of rotatable bonds is 5. The van der Waals surface area contributed by atoms with Crippen LogP contribution in [0.15, 0.2) is 6.20 Å². The van der Waals surface area contributed by atoms with Crippen LogP contribution in [0, 0.1) is 0 Å². The van der Waals surface area contributed by atoms with Gasteiger partial charge in [-0.2, -0.15) is 5.10 Å². The highest BCUT2D eigenvalue weighted by Gasteiger charge is 2.25. The lowest BCUT2D eigenvalue weighted by Gasteiger charge is -2.33. The van der Waals surface area contributed by atoms with E-state index in [4.69, 9.17) is 9.84 Å². The molecule has 2 aliphatic rings. The number of hydrogen-bond donors (Lipinski definition) is 1. The highest BCUT2D eigenvalue weighted by Crippen LogP contribution is 2.33. The minimum Gasteiger partial charge on any atom is -0.374 e. The average Bonchev–Trinajstić information content (AvgIpc) is 2.94. The molecule has 2 fully saturated rings. The Morgan fingerprint density at radius 2 is 2.17 bits per heavy atom. The third-order valence-electron chi connectivity index (χ3n) is 5.12. The van der Waals surface area contributed by atoms with E-state index in [-0.39, 0.29) is 12.0 Å². The lowest BCUT2D eigenvalue weighted by molar-refractivity contribution is -0.120. The number of ether oxygens (including phenoxy) is 1. The fourth-order valence-corrected chi connectivity index (χ4v) is 3.94. The zero-order valence-corrected chi connectivity index (χ0v) is 15.0. The molecule has 6 heteroatoms. The Morgan fingerprint density at radius 1 is 1.38 bits per heavy atom. The third-order valence-corrected chi connectivity index (χ3v) is 5.12. The first-order valence-corrected chi connectivity index (χ1v) is 9.22. The van der Waals surface area contributed by atoms with Crippen molar-refractivity contribution >= 4 is 5.91 Å². The predicted molar refractivity (Wildman–Crippen MR) is 92.7 cm³/mol. The van der Waals surface area contributed by atoms with Gasteiger partial charge in [-0.25, -0.2) is 0 Å². The van der Waals surface area contributed by atoms with Crippen molar-refractivity contribution in [2.24, 2.45) is 7.05 Å². The number of hydrogen-bond acceptors (Lipinski definition) is 4. The molecule has 0 unspecified atom stereocenters. The van der Waals surface area contributed by atoms with Crippen LogP contribution in [-0.2, 0) is 23.1 Å². The van der Waals surface area contributed by atoms with Gasteiger partial charge in [-0.05, 0) is 12.8 Å². The van der Waals surface area contributed by atoms with E-state index in [1.54, 1.807) is 6.92 Å². The number of carbonyl (C=O) groups excluding carboxylic acids is 1. The van der Waals surface area contributed by atoms with E-state index in [1.165, 1.54) is 43.4 Å². The third kappa shape index (κ3) is 4.57. The molecular formula is C18H30N4O2. The molecule has 0 bridgehead atoms. The number of aryl methyl sites for hydroxylation is 1. The highest BCUT2D eigenvalue weighted by molar-refractivity contribution is 5.72. The van der Waals surface area contributed by atoms with E-state index in [0.29, 0.717) is 12.5 Å². The molecule has 1 atom stereocenters. The molecule has 24 heavy (non-hydrogen) atoms. The molecule has 0 spiro atoms. The highest BCUT2D eigenvalue weighted by atomic mass is 16.5. The molecule has 1 N–H and O–H groups in total. The Bertz CT molecular complexity index is 551. The number of nitrogens with zero attached hydrogens (tertiary/aromatic N) is 3. The van der Waals surface area contributed by atoms with Crippen molar-refractivity contribution in [1.82, 2.24) is 20.0 Å². The van der Waals surface area contributed by atoms with Crippen molar-refractivity contribution in [1.29, 1.82) is 0 Å². The van der Waals surface area contributed by atoms with Crippen LogP contribution in [0.25, 0.3) is 0 Å². The van der Waals surface area contributed by atoms with Gasteiger partial charge < -0.3 is 10.1 Å². The maximum absolute atomic E-state index is 11.1. The van der Waals surface area contributed by atoms with Crippen LogP contribution in [0.5, 0.6) is 0 Å². The fourth-order valence-electron chi connectivity index (χ4n) is 3.94. The topological polar surface area (TPSA) is 59.4 Å². The fraction of sp³-hybridized carbons (Fsp3) is 0.778. The molecule has 6 nitrogen and oxygen atoms in total. The first kappa shape index (κ1) is 17.4. The Hall–Kier alpha value is -1.40. The Labute approximate surface area is 144 Å². The lowest BCUT2D eigenvalue weighted by Crippen LogP contribution is -2.46. The van der Waals surface area contributed by atoms with E-state index in [9.17, 15) is 4.79 Å². The van der Waals surface area contributed by atoms with Crippen LogP contribution in [0.1, 0.15) is 56.2 Å². The molecule has 3 rings (SSSR count).